The fraction of sp³-hybridized carbons (Fsp3) is 0.200. The predicted molar refractivity (Wildman–Crippen MR) is 62.0 cm³/mol. The highest BCUT2D eigenvalue weighted by Crippen LogP contribution is 2.15. The maximum atomic E-state index is 4.27. The maximum absolute atomic E-state index is 4.27. The molecule has 0 aliphatic rings. The lowest BCUT2D eigenvalue weighted by molar-refractivity contribution is 0.770. The summed E-state index contributed by atoms with van der Waals surface area (Å²) in [5.41, 5.74) is 0.879. The van der Waals surface area contributed by atoms with E-state index in [2.05, 4.69) is 25.5 Å². The minimum atomic E-state index is 0.573. The topological polar surface area (TPSA) is 72.9 Å². The molecule has 0 saturated carbocycles. The van der Waals surface area contributed by atoms with Gasteiger partial charge in [-0.15, -0.1) is 0 Å². The first kappa shape index (κ1) is 9.76. The van der Waals surface area contributed by atoms with Crippen LogP contribution < -0.4 is 5.32 Å². The lowest BCUT2D eigenvalue weighted by Crippen LogP contribution is -2.03. The van der Waals surface area contributed by atoms with Crippen LogP contribution in [0, 0.1) is 6.92 Å². The van der Waals surface area contributed by atoms with E-state index in [0.29, 0.717) is 5.78 Å². The van der Waals surface area contributed by atoms with Gasteiger partial charge in [0, 0.05) is 31.1 Å². The Labute approximate surface area is 97.1 Å². The molecule has 0 fully saturated rings. The first-order valence-corrected chi connectivity index (χ1v) is 5.16. The lowest BCUT2D eigenvalue weighted by Gasteiger charge is -2.05. The summed E-state index contributed by atoms with van der Waals surface area (Å²) in [5, 5.41) is 11.5. The third-order valence-electron chi connectivity index (χ3n) is 2.35. The minimum Gasteiger partial charge on any atom is -0.323 e. The zero-order valence-electron chi connectivity index (χ0n) is 9.49. The summed E-state index contributed by atoms with van der Waals surface area (Å²) in [6.45, 7) is 1.91. The molecule has 3 rings (SSSR count). The van der Waals surface area contributed by atoms with Crippen LogP contribution in [0.2, 0.25) is 0 Å². The van der Waals surface area contributed by atoms with Gasteiger partial charge in [0.05, 0.1) is 0 Å². The highest BCUT2D eigenvalue weighted by atomic mass is 15.4. The monoisotopic (exact) mass is 229 g/mol. The minimum absolute atomic E-state index is 0.573. The van der Waals surface area contributed by atoms with Crippen LogP contribution in [0.1, 0.15) is 5.69 Å². The van der Waals surface area contributed by atoms with Crippen molar-refractivity contribution in [2.24, 2.45) is 7.05 Å². The Hall–Kier alpha value is -2.44. The number of nitrogens with one attached hydrogen (secondary N) is 1. The standard InChI is InChI=1S/C10H11N7/c1-7-5-9(14-8-3-4-16(2)15-8)17-10(13-7)11-6-12-17/h3-6H,1-2H3,(H,14,15). The van der Waals surface area contributed by atoms with Crippen LogP contribution in [-0.4, -0.2) is 29.4 Å². The predicted octanol–water partition coefficient (Wildman–Crippen LogP) is 0.910. The Balaban J connectivity index is 2.07. The molecule has 0 radical (unpaired) electrons. The van der Waals surface area contributed by atoms with E-state index in [0.717, 1.165) is 17.3 Å². The van der Waals surface area contributed by atoms with Crippen LogP contribution in [0.5, 0.6) is 0 Å². The van der Waals surface area contributed by atoms with Gasteiger partial charge in [-0.25, -0.2) is 4.98 Å². The Kier molecular flexibility index (Phi) is 2.04. The van der Waals surface area contributed by atoms with E-state index < -0.39 is 0 Å². The van der Waals surface area contributed by atoms with Crippen molar-refractivity contribution in [1.29, 1.82) is 0 Å². The quantitative estimate of drug-likeness (QED) is 0.707. The van der Waals surface area contributed by atoms with Crippen LogP contribution >= 0.6 is 0 Å². The lowest BCUT2D eigenvalue weighted by atomic mass is 10.4. The Morgan fingerprint density at radius 2 is 2.24 bits per heavy atom. The summed E-state index contributed by atoms with van der Waals surface area (Å²) in [5.74, 6) is 2.13. The Morgan fingerprint density at radius 3 is 3.00 bits per heavy atom. The van der Waals surface area contributed by atoms with Crippen molar-refractivity contribution in [3.05, 3.63) is 30.4 Å². The molecule has 7 nitrogen and oxygen atoms in total. The molecule has 0 atom stereocenters. The van der Waals surface area contributed by atoms with E-state index in [-0.39, 0.29) is 0 Å². The average Bonchev–Trinajstić information content (AvgIpc) is 2.87. The first-order chi connectivity index (χ1) is 8.22. The van der Waals surface area contributed by atoms with Crippen molar-refractivity contribution in [2.75, 3.05) is 5.32 Å². The molecule has 3 aromatic heterocycles. The normalized spacial score (nSPS) is 10.9. The SMILES string of the molecule is Cc1cc(Nc2ccn(C)n2)n2ncnc2n1. The van der Waals surface area contributed by atoms with Gasteiger partial charge >= 0.3 is 0 Å². The van der Waals surface area contributed by atoms with Gasteiger partial charge in [-0.2, -0.15) is 19.7 Å². The highest BCUT2D eigenvalue weighted by molar-refractivity contribution is 5.54. The number of nitrogens with zero attached hydrogens (tertiary/aromatic N) is 6. The van der Waals surface area contributed by atoms with Gasteiger partial charge in [-0.3, -0.25) is 4.68 Å². The van der Waals surface area contributed by atoms with Gasteiger partial charge in [-0.1, -0.05) is 0 Å². The third kappa shape index (κ3) is 1.71. The van der Waals surface area contributed by atoms with E-state index in [1.165, 1.54) is 6.33 Å². The summed E-state index contributed by atoms with van der Waals surface area (Å²) < 4.78 is 3.37. The molecule has 3 aromatic rings. The number of anilines is 2. The molecule has 0 spiro atoms. The van der Waals surface area contributed by atoms with Crippen molar-refractivity contribution >= 4 is 17.4 Å². The van der Waals surface area contributed by atoms with E-state index in [9.17, 15) is 0 Å². The molecule has 1 N–H and O–H groups in total. The van der Waals surface area contributed by atoms with Crippen LogP contribution in [-0.2, 0) is 7.05 Å². The molecule has 7 heteroatoms. The van der Waals surface area contributed by atoms with Gasteiger partial charge in [0.2, 0.25) is 0 Å². The molecule has 0 aliphatic heterocycles. The zero-order chi connectivity index (χ0) is 11.8. The zero-order valence-corrected chi connectivity index (χ0v) is 9.49. The van der Waals surface area contributed by atoms with Crippen molar-refractivity contribution < 1.29 is 0 Å². The summed E-state index contributed by atoms with van der Waals surface area (Å²) in [7, 11) is 1.87. The van der Waals surface area contributed by atoms with Crippen molar-refractivity contribution in [2.45, 2.75) is 6.92 Å². The van der Waals surface area contributed by atoms with Crippen molar-refractivity contribution in [3.63, 3.8) is 0 Å². The second-order valence-corrected chi connectivity index (χ2v) is 3.75. The van der Waals surface area contributed by atoms with Crippen LogP contribution in [0.25, 0.3) is 5.78 Å². The molecule has 17 heavy (non-hydrogen) atoms. The van der Waals surface area contributed by atoms with E-state index in [1.54, 1.807) is 9.20 Å². The van der Waals surface area contributed by atoms with Crippen LogP contribution in [0.4, 0.5) is 11.6 Å². The van der Waals surface area contributed by atoms with E-state index in [4.69, 9.17) is 0 Å². The molecular formula is C10H11N7. The second-order valence-electron chi connectivity index (χ2n) is 3.75. The molecule has 86 valence electrons. The van der Waals surface area contributed by atoms with E-state index >= 15 is 0 Å². The summed E-state index contributed by atoms with van der Waals surface area (Å²) in [6.07, 6.45) is 3.35. The highest BCUT2D eigenvalue weighted by Gasteiger charge is 2.06. The van der Waals surface area contributed by atoms with Gasteiger partial charge in [0.25, 0.3) is 5.78 Å². The number of aryl methyl sites for hydroxylation is 2. The van der Waals surface area contributed by atoms with Gasteiger partial charge < -0.3 is 5.32 Å². The number of hydrogen-bond donors (Lipinski definition) is 1. The fourth-order valence-corrected chi connectivity index (χ4v) is 1.63. The molecule has 0 saturated heterocycles. The van der Waals surface area contributed by atoms with Crippen molar-refractivity contribution in [3.8, 4) is 0 Å². The molecule has 0 unspecified atom stereocenters. The smallest absolute Gasteiger partial charge is 0.254 e. The Morgan fingerprint density at radius 1 is 1.35 bits per heavy atom. The largest absolute Gasteiger partial charge is 0.323 e. The van der Waals surface area contributed by atoms with Crippen LogP contribution in [0.3, 0.4) is 0 Å². The number of fused-ring (bicyclic) bond motifs is 1. The van der Waals surface area contributed by atoms with E-state index in [1.807, 2.05) is 32.3 Å². The van der Waals surface area contributed by atoms with Gasteiger partial charge in [0.15, 0.2) is 5.82 Å². The molecule has 0 aliphatic carbocycles. The number of hydrogen-bond acceptors (Lipinski definition) is 5. The molecule has 3 heterocycles. The summed E-state index contributed by atoms with van der Waals surface area (Å²) in [4.78, 5) is 8.33. The summed E-state index contributed by atoms with van der Waals surface area (Å²) >= 11 is 0. The van der Waals surface area contributed by atoms with Crippen molar-refractivity contribution in [1.82, 2.24) is 29.4 Å². The molecular weight excluding hydrogens is 218 g/mol. The van der Waals surface area contributed by atoms with Gasteiger partial charge in [-0.05, 0) is 6.92 Å². The maximum Gasteiger partial charge on any atom is 0.254 e. The molecule has 0 aromatic carbocycles. The molecule has 0 amide bonds. The fourth-order valence-electron chi connectivity index (χ4n) is 1.63. The summed E-state index contributed by atoms with van der Waals surface area (Å²) in [6, 6.07) is 3.79. The number of aromatic nitrogens is 6. The van der Waals surface area contributed by atoms with Gasteiger partial charge in [0.1, 0.15) is 12.1 Å². The second kappa shape index (κ2) is 3.55. The number of rotatable bonds is 2. The molecule has 0 bridgehead atoms. The average molecular weight is 229 g/mol. The first-order valence-electron chi connectivity index (χ1n) is 5.16. The van der Waals surface area contributed by atoms with Crippen LogP contribution in [0.15, 0.2) is 24.7 Å². The Bertz CT molecular complexity index is 666. The third-order valence-corrected chi connectivity index (χ3v) is 2.35.